The highest BCUT2D eigenvalue weighted by Crippen LogP contribution is 2.23. The van der Waals surface area contributed by atoms with E-state index < -0.39 is 0 Å². The number of piperazine rings is 1. The van der Waals surface area contributed by atoms with Crippen LogP contribution in [0.15, 0.2) is 24.3 Å². The molecule has 1 aromatic carbocycles. The second kappa shape index (κ2) is 5.41. The fraction of sp³-hybridized carbons (Fsp3) is 0.625. The van der Waals surface area contributed by atoms with Gasteiger partial charge in [0.1, 0.15) is 0 Å². The molecule has 1 fully saturated rings. The van der Waals surface area contributed by atoms with Gasteiger partial charge in [-0.15, -0.1) is 0 Å². The van der Waals surface area contributed by atoms with Crippen molar-refractivity contribution in [2.75, 3.05) is 13.1 Å². The molecule has 100 valence electrons. The largest absolute Gasteiger partial charge is 0.311 e. The van der Waals surface area contributed by atoms with E-state index in [4.69, 9.17) is 0 Å². The number of aryl methyl sites for hydroxylation is 1. The maximum absolute atomic E-state index is 3.65. The highest BCUT2D eigenvalue weighted by atomic mass is 15.3. The molecule has 0 spiro atoms. The maximum atomic E-state index is 3.65. The first-order valence-electron chi connectivity index (χ1n) is 7.06. The van der Waals surface area contributed by atoms with Crippen molar-refractivity contribution in [2.45, 2.75) is 52.2 Å². The van der Waals surface area contributed by atoms with Gasteiger partial charge in [-0.2, -0.15) is 0 Å². The van der Waals surface area contributed by atoms with E-state index in [1.165, 1.54) is 17.5 Å². The minimum absolute atomic E-state index is 0.244. The van der Waals surface area contributed by atoms with Crippen LogP contribution in [-0.2, 0) is 6.54 Å². The first-order valence-corrected chi connectivity index (χ1v) is 7.06. The zero-order valence-corrected chi connectivity index (χ0v) is 12.2. The molecule has 0 amide bonds. The number of benzene rings is 1. The van der Waals surface area contributed by atoms with Gasteiger partial charge in [-0.25, -0.2) is 0 Å². The summed E-state index contributed by atoms with van der Waals surface area (Å²) in [4.78, 5) is 2.62. The van der Waals surface area contributed by atoms with Crippen LogP contribution >= 0.6 is 0 Å². The molecule has 2 heteroatoms. The van der Waals surface area contributed by atoms with Crippen LogP contribution in [0, 0.1) is 6.92 Å². The topological polar surface area (TPSA) is 15.3 Å². The van der Waals surface area contributed by atoms with Crippen molar-refractivity contribution in [2.24, 2.45) is 0 Å². The lowest BCUT2D eigenvalue weighted by molar-refractivity contribution is 0.0575. The second-order valence-electron chi connectivity index (χ2n) is 6.11. The van der Waals surface area contributed by atoms with E-state index in [2.05, 4.69) is 62.2 Å². The van der Waals surface area contributed by atoms with Gasteiger partial charge in [0.15, 0.2) is 0 Å². The molecule has 1 atom stereocenters. The third kappa shape index (κ3) is 2.93. The fourth-order valence-electron chi connectivity index (χ4n) is 2.63. The molecule has 1 aliphatic rings. The zero-order valence-electron chi connectivity index (χ0n) is 12.2. The van der Waals surface area contributed by atoms with Gasteiger partial charge in [-0.1, -0.05) is 31.2 Å². The molecule has 0 saturated carbocycles. The van der Waals surface area contributed by atoms with Gasteiger partial charge in [-0.05, 0) is 38.3 Å². The van der Waals surface area contributed by atoms with E-state index in [0.29, 0.717) is 6.04 Å². The third-order valence-electron chi connectivity index (χ3n) is 4.24. The summed E-state index contributed by atoms with van der Waals surface area (Å²) in [7, 11) is 0. The number of hydrogen-bond donors (Lipinski definition) is 1. The van der Waals surface area contributed by atoms with E-state index in [1.54, 1.807) is 0 Å². The van der Waals surface area contributed by atoms with Crippen LogP contribution < -0.4 is 5.32 Å². The van der Waals surface area contributed by atoms with E-state index >= 15 is 0 Å². The lowest BCUT2D eigenvalue weighted by Crippen LogP contribution is -2.61. The molecule has 1 saturated heterocycles. The van der Waals surface area contributed by atoms with Crippen LogP contribution in [-0.4, -0.2) is 29.6 Å². The van der Waals surface area contributed by atoms with Crippen molar-refractivity contribution in [3.05, 3.63) is 35.4 Å². The standard InChI is InChI=1S/C16H26N2/c1-5-15-11-18(16(3,4)12-17-15)10-14-9-7-6-8-13(14)2/h6-9,15,17H,5,10-12H2,1-4H3. The molecule has 1 aliphatic heterocycles. The number of hydrogen-bond acceptors (Lipinski definition) is 2. The quantitative estimate of drug-likeness (QED) is 0.882. The highest BCUT2D eigenvalue weighted by molar-refractivity contribution is 5.25. The summed E-state index contributed by atoms with van der Waals surface area (Å²) in [5, 5.41) is 3.65. The molecule has 18 heavy (non-hydrogen) atoms. The molecular formula is C16H26N2. The molecule has 1 N–H and O–H groups in total. The molecule has 0 aliphatic carbocycles. The summed E-state index contributed by atoms with van der Waals surface area (Å²) >= 11 is 0. The second-order valence-corrected chi connectivity index (χ2v) is 6.11. The van der Waals surface area contributed by atoms with Crippen molar-refractivity contribution in [3.63, 3.8) is 0 Å². The van der Waals surface area contributed by atoms with Crippen LogP contribution in [0.3, 0.4) is 0 Å². The highest BCUT2D eigenvalue weighted by Gasteiger charge is 2.33. The molecule has 2 rings (SSSR count). The Morgan fingerprint density at radius 1 is 1.33 bits per heavy atom. The van der Waals surface area contributed by atoms with Gasteiger partial charge in [0.2, 0.25) is 0 Å². The first-order chi connectivity index (χ1) is 8.53. The van der Waals surface area contributed by atoms with Crippen molar-refractivity contribution < 1.29 is 0 Å². The number of nitrogens with zero attached hydrogens (tertiary/aromatic N) is 1. The van der Waals surface area contributed by atoms with Gasteiger partial charge in [-0.3, -0.25) is 4.90 Å². The summed E-state index contributed by atoms with van der Waals surface area (Å²) < 4.78 is 0. The van der Waals surface area contributed by atoms with Gasteiger partial charge < -0.3 is 5.32 Å². The maximum Gasteiger partial charge on any atom is 0.0281 e. The Morgan fingerprint density at radius 2 is 2.06 bits per heavy atom. The molecule has 1 aromatic rings. The number of rotatable bonds is 3. The predicted molar refractivity (Wildman–Crippen MR) is 77.7 cm³/mol. The van der Waals surface area contributed by atoms with E-state index in [0.717, 1.165) is 19.6 Å². The molecule has 2 nitrogen and oxygen atoms in total. The van der Waals surface area contributed by atoms with E-state index in [9.17, 15) is 0 Å². The van der Waals surface area contributed by atoms with Gasteiger partial charge in [0.05, 0.1) is 0 Å². The van der Waals surface area contributed by atoms with E-state index in [-0.39, 0.29) is 5.54 Å². The molecule has 0 aromatic heterocycles. The Morgan fingerprint density at radius 3 is 2.72 bits per heavy atom. The van der Waals surface area contributed by atoms with Crippen molar-refractivity contribution in [1.29, 1.82) is 0 Å². The Balaban J connectivity index is 2.12. The van der Waals surface area contributed by atoms with Crippen LogP contribution in [0.4, 0.5) is 0 Å². The summed E-state index contributed by atoms with van der Waals surface area (Å²) in [5.41, 5.74) is 3.11. The third-order valence-corrected chi connectivity index (χ3v) is 4.24. The van der Waals surface area contributed by atoms with Crippen LogP contribution in [0.1, 0.15) is 38.3 Å². The van der Waals surface area contributed by atoms with Gasteiger partial charge in [0.25, 0.3) is 0 Å². The van der Waals surface area contributed by atoms with Gasteiger partial charge >= 0.3 is 0 Å². The molecule has 0 radical (unpaired) electrons. The smallest absolute Gasteiger partial charge is 0.0281 e. The normalized spacial score (nSPS) is 24.1. The van der Waals surface area contributed by atoms with Crippen LogP contribution in [0.25, 0.3) is 0 Å². The molecule has 1 heterocycles. The van der Waals surface area contributed by atoms with Crippen LogP contribution in [0.5, 0.6) is 0 Å². The van der Waals surface area contributed by atoms with Crippen LogP contribution in [0.2, 0.25) is 0 Å². The average molecular weight is 246 g/mol. The molecular weight excluding hydrogens is 220 g/mol. The van der Waals surface area contributed by atoms with Crippen molar-refractivity contribution in [1.82, 2.24) is 10.2 Å². The van der Waals surface area contributed by atoms with Crippen molar-refractivity contribution in [3.8, 4) is 0 Å². The Bertz CT molecular complexity index is 398. The fourth-order valence-corrected chi connectivity index (χ4v) is 2.63. The monoisotopic (exact) mass is 246 g/mol. The SMILES string of the molecule is CCC1CN(Cc2ccccc2C)C(C)(C)CN1. The lowest BCUT2D eigenvalue weighted by atomic mass is 9.95. The average Bonchev–Trinajstić information content (AvgIpc) is 2.34. The molecule has 0 bridgehead atoms. The minimum atomic E-state index is 0.244. The minimum Gasteiger partial charge on any atom is -0.311 e. The Hall–Kier alpha value is -0.860. The van der Waals surface area contributed by atoms with Crippen molar-refractivity contribution >= 4 is 0 Å². The zero-order chi connectivity index (χ0) is 13.2. The predicted octanol–water partition coefficient (Wildman–Crippen LogP) is 2.96. The van der Waals surface area contributed by atoms with Gasteiger partial charge in [0, 0.05) is 31.2 Å². The molecule has 1 unspecified atom stereocenters. The van der Waals surface area contributed by atoms with E-state index in [1.807, 2.05) is 0 Å². The lowest BCUT2D eigenvalue weighted by Gasteiger charge is -2.46. The first kappa shape index (κ1) is 13.6. The Kier molecular flexibility index (Phi) is 4.08. The number of nitrogens with one attached hydrogen (secondary N) is 1. The Labute approximate surface area is 111 Å². The summed E-state index contributed by atoms with van der Waals surface area (Å²) in [5.74, 6) is 0. The summed E-state index contributed by atoms with van der Waals surface area (Å²) in [6.45, 7) is 12.4. The summed E-state index contributed by atoms with van der Waals surface area (Å²) in [6, 6.07) is 9.38. The summed E-state index contributed by atoms with van der Waals surface area (Å²) in [6.07, 6.45) is 1.21.